The third-order valence-corrected chi connectivity index (χ3v) is 11.4. The monoisotopic (exact) mass is 1020 g/mol. The number of benzene rings is 3. The number of hydrogen-bond acceptors (Lipinski definition) is 13. The average Bonchev–Trinajstić information content (AvgIpc) is 3.42. The quantitative estimate of drug-likeness (QED) is 0.0460. The van der Waals surface area contributed by atoms with E-state index >= 15 is 0 Å². The van der Waals surface area contributed by atoms with Crippen LogP contribution in [-0.4, -0.2) is 78.5 Å². The predicted octanol–water partition coefficient (Wildman–Crippen LogP) is 8.47. The van der Waals surface area contributed by atoms with E-state index in [2.05, 4.69) is 30.9 Å². The minimum absolute atomic E-state index is 0. The van der Waals surface area contributed by atoms with Crippen LogP contribution in [0, 0.1) is 20.8 Å². The molecule has 0 saturated carbocycles. The zero-order chi connectivity index (χ0) is 53.7. The Morgan fingerprint density at radius 3 is 1.15 bits per heavy atom. The maximum Gasteiger partial charge on any atom is 0.287 e. The Kier molecular flexibility index (Phi) is 27.2. The van der Waals surface area contributed by atoms with Gasteiger partial charge in [0.05, 0.1) is 28.4 Å². The Labute approximate surface area is 441 Å². The lowest BCUT2D eigenvalue weighted by Crippen LogP contribution is -2.30. The van der Waals surface area contributed by atoms with Crippen LogP contribution in [0.5, 0.6) is 23.0 Å². The van der Waals surface area contributed by atoms with Crippen molar-refractivity contribution in [3.8, 4) is 23.0 Å². The van der Waals surface area contributed by atoms with Crippen molar-refractivity contribution in [1.29, 1.82) is 0 Å². The Bertz CT molecular complexity index is 2750. The number of amides is 3. The van der Waals surface area contributed by atoms with E-state index in [-0.39, 0.29) is 46.3 Å². The lowest BCUT2D eigenvalue weighted by atomic mass is 10.1. The van der Waals surface area contributed by atoms with Crippen LogP contribution in [0.1, 0.15) is 96.4 Å². The van der Waals surface area contributed by atoms with E-state index in [1.165, 1.54) is 0 Å². The third kappa shape index (κ3) is 22.2. The Hall–Kier alpha value is -8.27. The van der Waals surface area contributed by atoms with Crippen molar-refractivity contribution in [2.45, 2.75) is 106 Å². The van der Waals surface area contributed by atoms with Gasteiger partial charge in [-0.2, -0.15) is 0 Å². The first kappa shape index (κ1) is 61.0. The number of carbonyl (C=O) groups is 6. The van der Waals surface area contributed by atoms with Crippen LogP contribution in [0.4, 0.5) is 0 Å². The van der Waals surface area contributed by atoms with E-state index in [1.54, 1.807) is 65.2 Å². The fourth-order valence-electron chi connectivity index (χ4n) is 7.18. The number of nitrogens with one attached hydrogen (secondary N) is 3. The number of methoxy groups -OCH3 is 4. The molecule has 0 spiro atoms. The molecule has 0 unspecified atom stereocenters. The number of ether oxygens (including phenoxy) is 4. The highest BCUT2D eigenvalue weighted by atomic mass is 16.5. The summed E-state index contributed by atoms with van der Waals surface area (Å²) in [4.78, 5) is 84.3. The van der Waals surface area contributed by atoms with Gasteiger partial charge in [-0.1, -0.05) is 49.9 Å². The van der Waals surface area contributed by atoms with E-state index in [4.69, 9.17) is 18.9 Å². The van der Waals surface area contributed by atoms with E-state index in [1.807, 2.05) is 106 Å². The zero-order valence-corrected chi connectivity index (χ0v) is 43.5. The molecule has 16 heteroatoms. The van der Waals surface area contributed by atoms with Crippen molar-refractivity contribution in [2.75, 3.05) is 28.4 Å². The highest BCUT2D eigenvalue weighted by Crippen LogP contribution is 2.25. The molecule has 0 aliphatic heterocycles. The van der Waals surface area contributed by atoms with Gasteiger partial charge in [-0.05, 0) is 131 Å². The number of pyridine rings is 3. The molecule has 398 valence electrons. The van der Waals surface area contributed by atoms with Gasteiger partial charge in [0.1, 0.15) is 23.0 Å². The number of aryl methyl sites for hydroxylation is 6. The second kappa shape index (κ2) is 33.5. The van der Waals surface area contributed by atoms with Crippen LogP contribution in [0.3, 0.4) is 0 Å². The first-order valence-electron chi connectivity index (χ1n) is 24.4. The van der Waals surface area contributed by atoms with Gasteiger partial charge >= 0.3 is 0 Å². The molecule has 0 fully saturated rings. The van der Waals surface area contributed by atoms with Gasteiger partial charge in [0.15, 0.2) is 0 Å². The van der Waals surface area contributed by atoms with Crippen LogP contribution in [0.2, 0.25) is 0 Å². The molecule has 3 aromatic heterocycles. The number of ketones is 3. The standard InChI is InChI=1S/C20H24N2O3.C19H22N2O4.C19H22N2O3.CH4/c1-14-7-9-16(19(11-14)25-3)13-22-20(24)18(23)6-4-5-17-10-8-15(2)12-21-17;1-24-16-10-9-14(18(12-16)25-2)13-21-19(23)17(22)8-5-7-15-6-3-4-11-20-15;1-14-9-10-15(18(12-14)24-2)13-21-19(23)17(22)8-5-7-16-6-3-4-11-20-16;/h7-12H,4-6,13H2,1-3H3,(H,22,24);3-4,6,9-12H,5,7-8,13H2,1-2H3,(H,21,23);3-4,6,9-12H,5,7-8,13H2,1-2H3,(H,21,23);1H4. The van der Waals surface area contributed by atoms with Crippen molar-refractivity contribution in [3.63, 3.8) is 0 Å². The summed E-state index contributed by atoms with van der Waals surface area (Å²) in [6, 6.07) is 32.0. The van der Waals surface area contributed by atoms with Crippen LogP contribution in [-0.2, 0) is 67.7 Å². The maximum atomic E-state index is 12.0. The van der Waals surface area contributed by atoms with Crippen molar-refractivity contribution in [2.24, 2.45) is 0 Å². The topological polar surface area (TPSA) is 214 Å². The normalized spacial score (nSPS) is 10.1. The maximum absolute atomic E-state index is 12.0. The summed E-state index contributed by atoms with van der Waals surface area (Å²) in [5.74, 6) is -0.258. The number of aromatic nitrogens is 3. The summed E-state index contributed by atoms with van der Waals surface area (Å²) in [5, 5.41) is 7.96. The van der Waals surface area contributed by atoms with Crippen LogP contribution >= 0.6 is 0 Å². The molecular formula is C59H72N6O10. The minimum Gasteiger partial charge on any atom is -0.497 e. The summed E-state index contributed by atoms with van der Waals surface area (Å²) in [5.41, 5.74) is 8.50. The zero-order valence-electron chi connectivity index (χ0n) is 43.5. The molecule has 75 heavy (non-hydrogen) atoms. The molecule has 3 heterocycles. The smallest absolute Gasteiger partial charge is 0.287 e. The average molecular weight is 1030 g/mol. The molecule has 6 rings (SSSR count). The van der Waals surface area contributed by atoms with E-state index in [9.17, 15) is 28.8 Å². The molecule has 0 aliphatic rings. The Balaban J connectivity index is 0.000000295. The number of hydrogen-bond donors (Lipinski definition) is 3. The summed E-state index contributed by atoms with van der Waals surface area (Å²) < 4.78 is 21.0. The number of rotatable bonds is 25. The molecular weight excluding hydrogens is 953 g/mol. The van der Waals surface area contributed by atoms with Gasteiger partial charge < -0.3 is 34.9 Å². The van der Waals surface area contributed by atoms with Crippen molar-refractivity contribution in [3.05, 3.63) is 172 Å². The van der Waals surface area contributed by atoms with Gasteiger partial charge in [-0.3, -0.25) is 43.7 Å². The summed E-state index contributed by atoms with van der Waals surface area (Å²) in [7, 11) is 6.29. The second-order valence-corrected chi connectivity index (χ2v) is 17.2. The molecule has 3 aromatic carbocycles. The number of Topliss-reactive ketones (excluding diaryl/α,β-unsaturated/α-hetero) is 3. The van der Waals surface area contributed by atoms with Crippen molar-refractivity contribution >= 4 is 35.1 Å². The fraction of sp³-hybridized carbons (Fsp3) is 0.339. The Morgan fingerprint density at radius 1 is 0.427 bits per heavy atom. The van der Waals surface area contributed by atoms with E-state index in [0.29, 0.717) is 61.5 Å². The van der Waals surface area contributed by atoms with Crippen LogP contribution in [0.25, 0.3) is 0 Å². The van der Waals surface area contributed by atoms with Crippen LogP contribution < -0.4 is 34.9 Å². The SMILES string of the molecule is C.COc1cc(C)ccc1CNC(=O)C(=O)CCCc1ccc(C)cn1.COc1cc(C)ccc1CNC(=O)C(=O)CCCc1ccccn1.COc1ccc(CNC(=O)C(=O)CCCc2ccccn2)c(OC)c1. The summed E-state index contributed by atoms with van der Waals surface area (Å²) in [6.45, 7) is 6.68. The minimum atomic E-state index is -0.584. The molecule has 16 nitrogen and oxygen atoms in total. The van der Waals surface area contributed by atoms with Gasteiger partial charge in [0, 0.05) is 97.3 Å². The Morgan fingerprint density at radius 2 is 0.800 bits per heavy atom. The summed E-state index contributed by atoms with van der Waals surface area (Å²) in [6.07, 6.45) is 9.72. The highest BCUT2D eigenvalue weighted by molar-refractivity contribution is 6.36. The third-order valence-electron chi connectivity index (χ3n) is 11.4. The van der Waals surface area contributed by atoms with Gasteiger partial charge in [0.2, 0.25) is 17.3 Å². The molecule has 0 bridgehead atoms. The molecule has 0 radical (unpaired) electrons. The van der Waals surface area contributed by atoms with Crippen molar-refractivity contribution < 1.29 is 47.7 Å². The molecule has 0 atom stereocenters. The largest absolute Gasteiger partial charge is 0.497 e. The first-order valence-corrected chi connectivity index (χ1v) is 24.4. The lowest BCUT2D eigenvalue weighted by molar-refractivity contribution is -0.138. The molecule has 0 aliphatic carbocycles. The van der Waals surface area contributed by atoms with Crippen molar-refractivity contribution in [1.82, 2.24) is 30.9 Å². The molecule has 3 amide bonds. The molecule has 3 N–H and O–H groups in total. The summed E-state index contributed by atoms with van der Waals surface area (Å²) >= 11 is 0. The van der Waals surface area contributed by atoms with E-state index in [0.717, 1.165) is 50.5 Å². The van der Waals surface area contributed by atoms with Gasteiger partial charge in [-0.25, -0.2) is 0 Å². The van der Waals surface area contributed by atoms with Gasteiger partial charge in [0.25, 0.3) is 17.7 Å². The van der Waals surface area contributed by atoms with Gasteiger partial charge in [-0.15, -0.1) is 0 Å². The number of nitrogens with zero attached hydrogens (tertiary/aromatic N) is 3. The second-order valence-electron chi connectivity index (χ2n) is 17.2. The van der Waals surface area contributed by atoms with E-state index < -0.39 is 35.1 Å². The highest BCUT2D eigenvalue weighted by Gasteiger charge is 2.17. The molecule has 0 saturated heterocycles. The molecule has 6 aromatic rings. The first-order chi connectivity index (χ1) is 35.7. The number of carbonyl (C=O) groups excluding carboxylic acids is 6. The lowest BCUT2D eigenvalue weighted by Gasteiger charge is -2.11. The predicted molar refractivity (Wildman–Crippen MR) is 289 cm³/mol. The fourth-order valence-corrected chi connectivity index (χ4v) is 7.18. The van der Waals surface area contributed by atoms with Crippen LogP contribution in [0.15, 0.2) is 122 Å².